The summed E-state index contributed by atoms with van der Waals surface area (Å²) in [5.74, 6) is -3.78. The molecule has 1 saturated heterocycles. The van der Waals surface area contributed by atoms with E-state index in [1.54, 1.807) is 6.20 Å². The van der Waals surface area contributed by atoms with Gasteiger partial charge in [-0.1, -0.05) is 11.3 Å². The van der Waals surface area contributed by atoms with Gasteiger partial charge in [-0.3, -0.25) is 0 Å². The van der Waals surface area contributed by atoms with Gasteiger partial charge in [0.15, 0.2) is 17.5 Å². The van der Waals surface area contributed by atoms with Crippen LogP contribution in [0, 0.1) is 11.6 Å². The second-order valence-corrected chi connectivity index (χ2v) is 6.17. The van der Waals surface area contributed by atoms with E-state index in [1.165, 1.54) is 10.7 Å². The number of nitrogens with one attached hydrogen (secondary N) is 1. The normalized spacial score (nSPS) is 16.9. The number of hydrogen-bond acceptors (Lipinski definition) is 4. The first kappa shape index (κ1) is 20.4. The molecule has 0 bridgehead atoms. The van der Waals surface area contributed by atoms with Crippen molar-refractivity contribution in [2.24, 2.45) is 0 Å². The summed E-state index contributed by atoms with van der Waals surface area (Å²) >= 11 is 0. The van der Waals surface area contributed by atoms with Crippen molar-refractivity contribution < 1.29 is 17.6 Å². The van der Waals surface area contributed by atoms with Crippen molar-refractivity contribution in [2.45, 2.75) is 25.3 Å². The minimum atomic E-state index is -2.54. The van der Waals surface area contributed by atoms with Crippen molar-refractivity contribution in [3.05, 3.63) is 41.6 Å². The first-order valence-corrected chi connectivity index (χ1v) is 8.09. The van der Waals surface area contributed by atoms with E-state index < -0.39 is 17.6 Å². The molecule has 26 heavy (non-hydrogen) atoms. The highest BCUT2D eigenvalue weighted by Crippen LogP contribution is 2.27. The molecule has 0 atom stereocenters. The monoisotopic (exact) mass is 393 g/mol. The predicted octanol–water partition coefficient (Wildman–Crippen LogP) is 3.17. The van der Waals surface area contributed by atoms with Crippen LogP contribution in [-0.4, -0.2) is 52.0 Å². The molecule has 2 aromatic rings. The van der Waals surface area contributed by atoms with Crippen LogP contribution in [0.1, 0.15) is 18.4 Å². The highest BCUT2D eigenvalue weighted by Gasteiger charge is 2.33. The van der Waals surface area contributed by atoms with Crippen molar-refractivity contribution in [3.8, 4) is 0 Å². The van der Waals surface area contributed by atoms with Crippen LogP contribution in [0.2, 0.25) is 0 Å². The molecule has 5 nitrogen and oxygen atoms in total. The van der Waals surface area contributed by atoms with Gasteiger partial charge in [0.1, 0.15) is 0 Å². The van der Waals surface area contributed by atoms with Gasteiger partial charge < -0.3 is 10.2 Å². The summed E-state index contributed by atoms with van der Waals surface area (Å²) < 4.78 is 53.8. The fraction of sp³-hybridized carbons (Fsp3) is 0.500. The van der Waals surface area contributed by atoms with Crippen molar-refractivity contribution in [1.29, 1.82) is 0 Å². The highest BCUT2D eigenvalue weighted by molar-refractivity contribution is 5.85. The molecule has 1 N–H and O–H groups in total. The Morgan fingerprint density at radius 2 is 1.85 bits per heavy atom. The molecule has 10 heteroatoms. The Balaban J connectivity index is 0.00000243. The Bertz CT molecular complexity index is 714. The number of benzene rings is 1. The number of alkyl halides is 2. The lowest BCUT2D eigenvalue weighted by Gasteiger charge is -2.31. The van der Waals surface area contributed by atoms with Crippen LogP contribution in [0.4, 0.5) is 23.4 Å². The van der Waals surface area contributed by atoms with E-state index in [0.29, 0.717) is 37.6 Å². The largest absolute Gasteiger partial charge is 0.366 e. The summed E-state index contributed by atoms with van der Waals surface area (Å²) in [6.45, 7) is 2.25. The molecule has 0 amide bonds. The molecular weight excluding hydrogens is 374 g/mol. The van der Waals surface area contributed by atoms with Gasteiger partial charge in [-0.2, -0.15) is 0 Å². The third-order valence-corrected chi connectivity index (χ3v) is 4.19. The second kappa shape index (κ2) is 8.68. The van der Waals surface area contributed by atoms with Crippen LogP contribution in [0.3, 0.4) is 0 Å². The molecule has 1 aliphatic heterocycles. The van der Waals surface area contributed by atoms with Crippen molar-refractivity contribution >= 4 is 18.2 Å². The van der Waals surface area contributed by atoms with Gasteiger partial charge in [0.2, 0.25) is 0 Å². The lowest BCUT2D eigenvalue weighted by Crippen LogP contribution is -2.41. The summed E-state index contributed by atoms with van der Waals surface area (Å²) in [6.07, 6.45) is 1.46. The van der Waals surface area contributed by atoms with E-state index in [1.807, 2.05) is 4.90 Å². The Hall–Kier alpha value is -1.87. The van der Waals surface area contributed by atoms with Crippen molar-refractivity contribution in [2.75, 3.05) is 31.5 Å². The number of hydrogen-bond donors (Lipinski definition) is 1. The number of rotatable bonds is 6. The van der Waals surface area contributed by atoms with Crippen LogP contribution in [0.5, 0.6) is 0 Å². The zero-order valence-corrected chi connectivity index (χ0v) is 14.8. The number of likely N-dealkylation sites (tertiary alicyclic amines) is 1. The minimum Gasteiger partial charge on any atom is -0.366 e. The first-order chi connectivity index (χ1) is 11.9. The Morgan fingerprint density at radius 1 is 1.12 bits per heavy atom. The number of anilines is 1. The summed E-state index contributed by atoms with van der Waals surface area (Å²) in [4.78, 5) is 1.98. The third kappa shape index (κ3) is 5.57. The molecule has 0 spiro atoms. The fourth-order valence-corrected chi connectivity index (χ4v) is 2.73. The maximum absolute atomic E-state index is 13.2. The molecule has 0 radical (unpaired) electrons. The smallest absolute Gasteiger partial charge is 0.250 e. The van der Waals surface area contributed by atoms with Gasteiger partial charge in [0.05, 0.1) is 12.7 Å². The van der Waals surface area contributed by atoms with Crippen molar-refractivity contribution in [3.63, 3.8) is 0 Å². The lowest BCUT2D eigenvalue weighted by atomic mass is 10.1. The average molecular weight is 394 g/mol. The zero-order chi connectivity index (χ0) is 17.9. The molecule has 1 aromatic heterocycles. The van der Waals surface area contributed by atoms with Gasteiger partial charge in [-0.15, -0.1) is 17.5 Å². The minimum absolute atomic E-state index is 0. The molecule has 2 heterocycles. The summed E-state index contributed by atoms with van der Waals surface area (Å²) in [5.41, 5.74) is 0.574. The third-order valence-electron chi connectivity index (χ3n) is 4.19. The van der Waals surface area contributed by atoms with E-state index in [-0.39, 0.29) is 31.8 Å². The van der Waals surface area contributed by atoms with E-state index in [0.717, 1.165) is 12.1 Å². The number of piperidine rings is 1. The first-order valence-electron chi connectivity index (χ1n) is 8.09. The van der Waals surface area contributed by atoms with E-state index in [9.17, 15) is 17.6 Å². The Labute approximate surface area is 154 Å². The van der Waals surface area contributed by atoms with Gasteiger partial charge >= 0.3 is 0 Å². The van der Waals surface area contributed by atoms with Crippen molar-refractivity contribution in [1.82, 2.24) is 19.9 Å². The van der Waals surface area contributed by atoms with Crippen LogP contribution < -0.4 is 5.32 Å². The average Bonchev–Trinajstić information content (AvgIpc) is 3.00. The molecule has 0 aliphatic carbocycles. The molecular formula is C16H20ClF4N5. The number of nitrogens with zero attached hydrogens (tertiary/aromatic N) is 4. The van der Waals surface area contributed by atoms with E-state index >= 15 is 0 Å². The lowest BCUT2D eigenvalue weighted by molar-refractivity contribution is -0.0543. The number of halogens is 5. The van der Waals surface area contributed by atoms with Gasteiger partial charge in [0.25, 0.3) is 5.92 Å². The SMILES string of the molecule is Cl.Fc1ccc(Cn2cc(NCCN3CCC(F)(F)CC3)nn2)cc1F. The van der Waals surface area contributed by atoms with E-state index in [2.05, 4.69) is 15.6 Å². The maximum atomic E-state index is 13.2. The maximum Gasteiger partial charge on any atom is 0.250 e. The zero-order valence-electron chi connectivity index (χ0n) is 14.0. The second-order valence-electron chi connectivity index (χ2n) is 6.17. The topological polar surface area (TPSA) is 46.0 Å². The molecule has 3 rings (SSSR count). The van der Waals surface area contributed by atoms with Gasteiger partial charge in [0, 0.05) is 39.0 Å². The summed E-state index contributed by atoms with van der Waals surface area (Å²) in [6, 6.07) is 3.68. The molecule has 1 aromatic carbocycles. The van der Waals surface area contributed by atoms with Gasteiger partial charge in [-0.25, -0.2) is 22.2 Å². The number of aromatic nitrogens is 3. The molecule has 0 saturated carbocycles. The Morgan fingerprint density at radius 3 is 2.54 bits per heavy atom. The highest BCUT2D eigenvalue weighted by atomic mass is 35.5. The van der Waals surface area contributed by atoms with Crippen LogP contribution in [0.25, 0.3) is 0 Å². The Kier molecular flexibility index (Phi) is 6.82. The van der Waals surface area contributed by atoms with Crippen LogP contribution in [-0.2, 0) is 6.54 Å². The fourth-order valence-electron chi connectivity index (χ4n) is 2.73. The molecule has 1 fully saturated rings. The van der Waals surface area contributed by atoms with Gasteiger partial charge in [-0.05, 0) is 17.7 Å². The predicted molar refractivity (Wildman–Crippen MR) is 91.8 cm³/mol. The van der Waals surface area contributed by atoms with Crippen LogP contribution >= 0.6 is 12.4 Å². The van der Waals surface area contributed by atoms with E-state index in [4.69, 9.17) is 0 Å². The summed E-state index contributed by atoms with van der Waals surface area (Å²) in [7, 11) is 0. The van der Waals surface area contributed by atoms with Crippen LogP contribution in [0.15, 0.2) is 24.4 Å². The molecule has 0 unspecified atom stereocenters. The standard InChI is InChI=1S/C16H19F4N5.ClH/c17-13-2-1-12(9-14(13)18)10-25-11-15(22-23-25)21-5-8-24-6-3-16(19,20)4-7-24;/h1-2,9,11,21H,3-8,10H2;1H. The quantitative estimate of drug-likeness (QED) is 0.766. The summed E-state index contributed by atoms with van der Waals surface area (Å²) in [5, 5.41) is 11.0. The molecule has 144 valence electrons. The molecule has 1 aliphatic rings.